The SMILES string of the molecule is CC(S)C(S)C(C)S. The number of hydrogen-bond donors (Lipinski definition) is 3. The average Bonchev–Trinajstić information content (AvgIpc) is 1.64. The molecule has 0 nitrogen and oxygen atoms in total. The van der Waals surface area contributed by atoms with Gasteiger partial charge in [-0.3, -0.25) is 0 Å². The maximum Gasteiger partial charge on any atom is 0.0244 e. The topological polar surface area (TPSA) is 0 Å². The van der Waals surface area contributed by atoms with Crippen LogP contribution in [-0.2, 0) is 0 Å². The Morgan fingerprint density at radius 2 is 1.12 bits per heavy atom. The van der Waals surface area contributed by atoms with E-state index in [1.54, 1.807) is 0 Å². The van der Waals surface area contributed by atoms with E-state index >= 15 is 0 Å². The lowest BCUT2D eigenvalue weighted by Gasteiger charge is -2.16. The highest BCUT2D eigenvalue weighted by Gasteiger charge is 2.12. The maximum absolute atomic E-state index is 4.27. The van der Waals surface area contributed by atoms with Gasteiger partial charge in [-0.1, -0.05) is 13.8 Å². The number of rotatable bonds is 2. The molecular weight excluding hydrogens is 156 g/mol. The molecule has 0 saturated carbocycles. The summed E-state index contributed by atoms with van der Waals surface area (Å²) in [5.74, 6) is 0. The third kappa shape index (κ3) is 3.15. The van der Waals surface area contributed by atoms with Crippen LogP contribution in [0.4, 0.5) is 0 Å². The molecule has 0 aliphatic carbocycles. The van der Waals surface area contributed by atoms with E-state index in [9.17, 15) is 0 Å². The normalized spacial score (nSPS) is 22.1. The predicted octanol–water partition coefficient (Wildman–Crippen LogP) is 1.92. The van der Waals surface area contributed by atoms with E-state index in [1.165, 1.54) is 0 Å². The fraction of sp³-hybridized carbons (Fsp3) is 1.00. The lowest BCUT2D eigenvalue weighted by molar-refractivity contribution is 0.838. The molecule has 0 aromatic rings. The van der Waals surface area contributed by atoms with Gasteiger partial charge in [0.05, 0.1) is 0 Å². The molecule has 0 N–H and O–H groups in total. The molecule has 0 spiro atoms. The molecule has 8 heavy (non-hydrogen) atoms. The van der Waals surface area contributed by atoms with E-state index in [0.29, 0.717) is 15.7 Å². The molecule has 0 aromatic heterocycles. The van der Waals surface area contributed by atoms with Gasteiger partial charge in [-0.25, -0.2) is 0 Å². The van der Waals surface area contributed by atoms with E-state index in [2.05, 4.69) is 37.9 Å². The van der Waals surface area contributed by atoms with Crippen LogP contribution in [0.25, 0.3) is 0 Å². The summed E-state index contributed by atoms with van der Waals surface area (Å²) >= 11 is 12.7. The van der Waals surface area contributed by atoms with Crippen molar-refractivity contribution in [3.8, 4) is 0 Å². The summed E-state index contributed by atoms with van der Waals surface area (Å²) in [5.41, 5.74) is 0. The molecule has 50 valence electrons. The summed E-state index contributed by atoms with van der Waals surface area (Å²) < 4.78 is 0. The highest BCUT2D eigenvalue weighted by Crippen LogP contribution is 2.15. The second kappa shape index (κ2) is 3.96. The van der Waals surface area contributed by atoms with Crippen molar-refractivity contribution in [1.82, 2.24) is 0 Å². The molecule has 0 saturated heterocycles. The highest BCUT2D eigenvalue weighted by molar-refractivity contribution is 7.87. The summed E-state index contributed by atoms with van der Waals surface area (Å²) in [6, 6.07) is 0. The number of hydrogen-bond acceptors (Lipinski definition) is 3. The second-order valence-corrected chi connectivity index (χ2v) is 4.20. The summed E-state index contributed by atoms with van der Waals surface area (Å²) in [6.07, 6.45) is 0. The van der Waals surface area contributed by atoms with Crippen molar-refractivity contribution < 1.29 is 0 Å². The van der Waals surface area contributed by atoms with Crippen molar-refractivity contribution in [2.24, 2.45) is 0 Å². The molecule has 0 heterocycles. The van der Waals surface area contributed by atoms with Gasteiger partial charge in [0.25, 0.3) is 0 Å². The lowest BCUT2D eigenvalue weighted by Crippen LogP contribution is -2.20. The van der Waals surface area contributed by atoms with Crippen LogP contribution in [0.1, 0.15) is 13.8 Å². The minimum absolute atomic E-state index is 0.293. The van der Waals surface area contributed by atoms with Gasteiger partial charge in [0.1, 0.15) is 0 Å². The average molecular weight is 168 g/mol. The molecule has 2 unspecified atom stereocenters. The van der Waals surface area contributed by atoms with Crippen molar-refractivity contribution in [1.29, 1.82) is 0 Å². The lowest BCUT2D eigenvalue weighted by atomic mass is 10.2. The number of thiol groups is 3. The Labute approximate surface area is 67.7 Å². The van der Waals surface area contributed by atoms with E-state index in [-0.39, 0.29) is 0 Å². The van der Waals surface area contributed by atoms with Crippen LogP contribution in [-0.4, -0.2) is 15.7 Å². The first-order chi connectivity index (χ1) is 3.55. The largest absolute Gasteiger partial charge is 0.175 e. The second-order valence-electron chi connectivity index (χ2n) is 1.97. The van der Waals surface area contributed by atoms with Gasteiger partial charge in [0.15, 0.2) is 0 Å². The Bertz CT molecular complexity index is 52.7. The van der Waals surface area contributed by atoms with Crippen LogP contribution >= 0.6 is 37.9 Å². The van der Waals surface area contributed by atoms with Crippen LogP contribution in [0.2, 0.25) is 0 Å². The minimum Gasteiger partial charge on any atom is -0.175 e. The zero-order valence-electron chi connectivity index (χ0n) is 5.07. The quantitative estimate of drug-likeness (QED) is 0.516. The van der Waals surface area contributed by atoms with Crippen LogP contribution in [0.5, 0.6) is 0 Å². The van der Waals surface area contributed by atoms with Crippen LogP contribution in [0.3, 0.4) is 0 Å². The van der Waals surface area contributed by atoms with Crippen LogP contribution < -0.4 is 0 Å². The predicted molar refractivity (Wildman–Crippen MR) is 49.7 cm³/mol. The van der Waals surface area contributed by atoms with Crippen LogP contribution in [0, 0.1) is 0 Å². The fourth-order valence-corrected chi connectivity index (χ4v) is 1.06. The standard InChI is InChI=1S/C5H12S3/c1-3(6)5(8)4(2)7/h3-8H,1-2H3. The van der Waals surface area contributed by atoms with Gasteiger partial charge in [-0.2, -0.15) is 37.9 Å². The molecule has 0 amide bonds. The van der Waals surface area contributed by atoms with Crippen molar-refractivity contribution in [2.75, 3.05) is 0 Å². The molecule has 0 bridgehead atoms. The third-order valence-electron chi connectivity index (χ3n) is 0.989. The first-order valence-electron chi connectivity index (χ1n) is 2.60. The molecule has 0 aliphatic heterocycles. The Morgan fingerprint density at radius 3 is 1.12 bits per heavy atom. The Morgan fingerprint density at radius 1 is 0.875 bits per heavy atom. The Balaban J connectivity index is 3.46. The first-order valence-corrected chi connectivity index (χ1v) is 4.15. The molecule has 0 aromatic carbocycles. The van der Waals surface area contributed by atoms with Gasteiger partial charge >= 0.3 is 0 Å². The first kappa shape index (κ1) is 9.05. The monoisotopic (exact) mass is 168 g/mol. The molecule has 3 heteroatoms. The van der Waals surface area contributed by atoms with E-state index in [4.69, 9.17) is 0 Å². The summed E-state index contributed by atoms with van der Waals surface area (Å²) in [6.45, 7) is 4.04. The van der Waals surface area contributed by atoms with Gasteiger partial charge in [0, 0.05) is 15.7 Å². The van der Waals surface area contributed by atoms with E-state index in [0.717, 1.165) is 0 Å². The van der Waals surface area contributed by atoms with E-state index in [1.807, 2.05) is 13.8 Å². The fourth-order valence-electron chi connectivity index (χ4n) is 0.403. The highest BCUT2D eigenvalue weighted by atomic mass is 32.1. The molecule has 0 radical (unpaired) electrons. The van der Waals surface area contributed by atoms with Crippen molar-refractivity contribution in [3.05, 3.63) is 0 Å². The Hall–Kier alpha value is 1.05. The molecular formula is C5H12S3. The van der Waals surface area contributed by atoms with Gasteiger partial charge in [0.2, 0.25) is 0 Å². The van der Waals surface area contributed by atoms with Crippen molar-refractivity contribution in [3.63, 3.8) is 0 Å². The summed E-state index contributed by atoms with van der Waals surface area (Å²) in [4.78, 5) is 0. The molecule has 2 atom stereocenters. The zero-order valence-corrected chi connectivity index (χ0v) is 7.76. The third-order valence-corrected chi connectivity index (χ3v) is 3.00. The minimum atomic E-state index is 0.293. The van der Waals surface area contributed by atoms with Crippen molar-refractivity contribution >= 4 is 37.9 Å². The molecule has 0 rings (SSSR count). The smallest absolute Gasteiger partial charge is 0.0244 e. The maximum atomic E-state index is 4.27. The van der Waals surface area contributed by atoms with Gasteiger partial charge in [-0.05, 0) is 0 Å². The van der Waals surface area contributed by atoms with E-state index < -0.39 is 0 Å². The van der Waals surface area contributed by atoms with Crippen LogP contribution in [0.15, 0.2) is 0 Å². The Kier molecular flexibility index (Phi) is 4.48. The molecule has 0 fully saturated rings. The van der Waals surface area contributed by atoms with Gasteiger partial charge in [-0.15, -0.1) is 0 Å². The van der Waals surface area contributed by atoms with Crippen molar-refractivity contribution in [2.45, 2.75) is 29.6 Å². The van der Waals surface area contributed by atoms with Gasteiger partial charge < -0.3 is 0 Å². The zero-order chi connectivity index (χ0) is 6.73. The summed E-state index contributed by atoms with van der Waals surface area (Å²) in [5, 5.41) is 0.943. The molecule has 0 aliphatic rings. The summed E-state index contributed by atoms with van der Waals surface area (Å²) in [7, 11) is 0.